The molecule has 28 heavy (non-hydrogen) atoms. The van der Waals surface area contributed by atoms with Crippen molar-refractivity contribution in [2.24, 2.45) is 5.92 Å². The largest absolute Gasteiger partial charge is 0.497 e. The van der Waals surface area contributed by atoms with Gasteiger partial charge in [0.2, 0.25) is 5.91 Å². The lowest BCUT2D eigenvalue weighted by atomic mass is 9.89. The summed E-state index contributed by atoms with van der Waals surface area (Å²) < 4.78 is 18.6. The van der Waals surface area contributed by atoms with Gasteiger partial charge in [-0.2, -0.15) is 0 Å². The first-order valence-corrected chi connectivity index (χ1v) is 10.1. The Labute approximate surface area is 165 Å². The molecular formula is C23H27FN2O2. The van der Waals surface area contributed by atoms with Crippen LogP contribution in [0, 0.1) is 11.7 Å². The summed E-state index contributed by atoms with van der Waals surface area (Å²) in [5.41, 5.74) is 1.82. The molecule has 0 spiro atoms. The minimum atomic E-state index is -0.308. The topological polar surface area (TPSA) is 50.4 Å². The fourth-order valence-electron chi connectivity index (χ4n) is 4.63. The van der Waals surface area contributed by atoms with E-state index in [0.717, 1.165) is 29.7 Å². The molecule has 2 bridgehead atoms. The molecule has 5 heteroatoms. The Morgan fingerprint density at radius 1 is 1.07 bits per heavy atom. The van der Waals surface area contributed by atoms with Crippen molar-refractivity contribution in [3.05, 3.63) is 65.5 Å². The summed E-state index contributed by atoms with van der Waals surface area (Å²) in [6, 6.07) is 14.8. The molecule has 0 saturated carbocycles. The van der Waals surface area contributed by atoms with Crippen molar-refractivity contribution in [2.75, 3.05) is 7.11 Å². The van der Waals surface area contributed by atoms with Crippen molar-refractivity contribution in [2.45, 2.75) is 50.2 Å². The predicted octanol–water partition coefficient (Wildman–Crippen LogP) is 3.96. The van der Waals surface area contributed by atoms with E-state index in [1.54, 1.807) is 19.2 Å². The van der Waals surface area contributed by atoms with E-state index in [-0.39, 0.29) is 17.8 Å². The van der Waals surface area contributed by atoms with Gasteiger partial charge in [0, 0.05) is 18.5 Å². The van der Waals surface area contributed by atoms with Gasteiger partial charge in [0.15, 0.2) is 0 Å². The van der Waals surface area contributed by atoms with E-state index < -0.39 is 0 Å². The number of hydrogen-bond donors (Lipinski definition) is 2. The van der Waals surface area contributed by atoms with Crippen molar-refractivity contribution in [3.63, 3.8) is 0 Å². The van der Waals surface area contributed by atoms with Gasteiger partial charge >= 0.3 is 0 Å². The van der Waals surface area contributed by atoms with Crippen LogP contribution in [0.4, 0.5) is 4.39 Å². The molecule has 148 valence electrons. The zero-order valence-corrected chi connectivity index (χ0v) is 16.2. The highest BCUT2D eigenvalue weighted by Crippen LogP contribution is 2.33. The number of methoxy groups -OCH3 is 1. The average Bonchev–Trinajstić information content (AvgIpc) is 3.05. The predicted molar refractivity (Wildman–Crippen MR) is 107 cm³/mol. The highest BCUT2D eigenvalue weighted by molar-refractivity contribution is 5.77. The average molecular weight is 382 g/mol. The van der Waals surface area contributed by atoms with Crippen molar-refractivity contribution in [1.29, 1.82) is 0 Å². The summed E-state index contributed by atoms with van der Waals surface area (Å²) in [6.07, 6.45) is 5.16. The third kappa shape index (κ3) is 4.36. The van der Waals surface area contributed by atoms with Crippen LogP contribution in [0.25, 0.3) is 0 Å². The van der Waals surface area contributed by atoms with Crippen LogP contribution >= 0.6 is 0 Å². The van der Waals surface area contributed by atoms with Gasteiger partial charge in [-0.15, -0.1) is 0 Å². The molecule has 2 aliphatic heterocycles. The van der Waals surface area contributed by atoms with E-state index in [0.29, 0.717) is 24.4 Å². The summed E-state index contributed by atoms with van der Waals surface area (Å²) in [4.78, 5) is 12.9. The second kappa shape index (κ2) is 8.31. The van der Waals surface area contributed by atoms with Crippen LogP contribution in [0.2, 0.25) is 0 Å². The number of fused-ring (bicyclic) bond motifs is 2. The van der Waals surface area contributed by atoms with Gasteiger partial charge in [0.05, 0.1) is 13.2 Å². The Kier molecular flexibility index (Phi) is 5.62. The Hall–Kier alpha value is -2.40. The van der Waals surface area contributed by atoms with Crippen LogP contribution in [-0.4, -0.2) is 25.1 Å². The number of ether oxygens (including phenoxy) is 1. The maximum Gasteiger partial charge on any atom is 0.221 e. The Bertz CT molecular complexity index is 794. The van der Waals surface area contributed by atoms with E-state index in [9.17, 15) is 9.18 Å². The van der Waals surface area contributed by atoms with Gasteiger partial charge in [0.25, 0.3) is 0 Å². The Balaban J connectivity index is 1.49. The molecule has 2 fully saturated rings. The molecule has 3 unspecified atom stereocenters. The van der Waals surface area contributed by atoms with Gasteiger partial charge in [-0.25, -0.2) is 4.39 Å². The SMILES string of the molecule is COc1ccc(C(NC(=O)CC2CC3CCC(C2)N3)c2ccc(F)cc2)cc1. The zero-order valence-electron chi connectivity index (χ0n) is 16.2. The molecule has 2 aromatic carbocycles. The smallest absolute Gasteiger partial charge is 0.221 e. The van der Waals surface area contributed by atoms with E-state index in [4.69, 9.17) is 4.74 Å². The molecule has 1 amide bonds. The van der Waals surface area contributed by atoms with Crippen LogP contribution < -0.4 is 15.4 Å². The van der Waals surface area contributed by atoms with Crippen LogP contribution in [0.5, 0.6) is 5.75 Å². The highest BCUT2D eigenvalue weighted by Gasteiger charge is 2.34. The molecule has 2 saturated heterocycles. The maximum absolute atomic E-state index is 13.4. The number of nitrogens with one attached hydrogen (secondary N) is 2. The van der Waals surface area contributed by atoms with Crippen molar-refractivity contribution >= 4 is 5.91 Å². The molecule has 0 radical (unpaired) electrons. The first kappa shape index (κ1) is 18.9. The highest BCUT2D eigenvalue weighted by atomic mass is 19.1. The van der Waals surface area contributed by atoms with Crippen LogP contribution in [0.1, 0.15) is 49.3 Å². The third-order valence-electron chi connectivity index (χ3n) is 6.00. The van der Waals surface area contributed by atoms with Gasteiger partial charge < -0.3 is 15.4 Å². The maximum atomic E-state index is 13.4. The number of benzene rings is 2. The number of halogens is 1. The fraction of sp³-hybridized carbons (Fsp3) is 0.435. The normalized spacial score (nSPS) is 24.6. The molecule has 4 nitrogen and oxygen atoms in total. The van der Waals surface area contributed by atoms with E-state index in [1.165, 1.54) is 25.0 Å². The summed E-state index contributed by atoms with van der Waals surface area (Å²) in [5, 5.41) is 6.80. The molecule has 2 aliphatic rings. The van der Waals surface area contributed by atoms with Crippen LogP contribution in [0.3, 0.4) is 0 Å². The second-order valence-corrected chi connectivity index (χ2v) is 8.00. The minimum Gasteiger partial charge on any atom is -0.497 e. The lowest BCUT2D eigenvalue weighted by Gasteiger charge is -2.29. The molecular weight excluding hydrogens is 355 g/mol. The van der Waals surface area contributed by atoms with Crippen molar-refractivity contribution in [1.82, 2.24) is 10.6 Å². The summed E-state index contributed by atoms with van der Waals surface area (Å²) in [7, 11) is 1.63. The van der Waals surface area contributed by atoms with Gasteiger partial charge in [-0.05, 0) is 67.0 Å². The number of carbonyl (C=O) groups excluding carboxylic acids is 1. The number of rotatable bonds is 6. The number of carbonyl (C=O) groups is 1. The number of piperidine rings is 1. The van der Waals surface area contributed by atoms with Gasteiger partial charge in [-0.1, -0.05) is 24.3 Å². The molecule has 2 N–H and O–H groups in total. The lowest BCUT2D eigenvalue weighted by Crippen LogP contribution is -2.40. The first-order chi connectivity index (χ1) is 13.6. The summed E-state index contributed by atoms with van der Waals surface area (Å²) in [5.74, 6) is 0.965. The molecule has 4 rings (SSSR count). The quantitative estimate of drug-likeness (QED) is 0.795. The first-order valence-electron chi connectivity index (χ1n) is 10.1. The van der Waals surface area contributed by atoms with E-state index in [1.807, 2.05) is 24.3 Å². The molecule has 0 aromatic heterocycles. The van der Waals surface area contributed by atoms with Crippen LogP contribution in [-0.2, 0) is 4.79 Å². The number of hydrogen-bond acceptors (Lipinski definition) is 3. The van der Waals surface area contributed by atoms with Crippen LogP contribution in [0.15, 0.2) is 48.5 Å². The number of amides is 1. The molecule has 3 atom stereocenters. The van der Waals surface area contributed by atoms with Gasteiger partial charge in [0.1, 0.15) is 11.6 Å². The fourth-order valence-corrected chi connectivity index (χ4v) is 4.63. The Morgan fingerprint density at radius 3 is 2.21 bits per heavy atom. The second-order valence-electron chi connectivity index (χ2n) is 8.00. The van der Waals surface area contributed by atoms with Gasteiger partial charge in [-0.3, -0.25) is 4.79 Å². The Morgan fingerprint density at radius 2 is 1.64 bits per heavy atom. The van der Waals surface area contributed by atoms with E-state index >= 15 is 0 Å². The monoisotopic (exact) mass is 382 g/mol. The summed E-state index contributed by atoms with van der Waals surface area (Å²) in [6.45, 7) is 0. The van der Waals surface area contributed by atoms with Crippen molar-refractivity contribution in [3.8, 4) is 5.75 Å². The molecule has 2 aromatic rings. The molecule has 0 aliphatic carbocycles. The van der Waals surface area contributed by atoms with Crippen molar-refractivity contribution < 1.29 is 13.9 Å². The molecule has 2 heterocycles. The third-order valence-corrected chi connectivity index (χ3v) is 6.00. The lowest BCUT2D eigenvalue weighted by molar-refractivity contribution is -0.122. The summed E-state index contributed by atoms with van der Waals surface area (Å²) >= 11 is 0. The standard InChI is InChI=1S/C23H27FN2O2/c1-28-21-10-4-17(5-11-21)23(16-2-6-18(24)7-3-16)26-22(27)14-15-12-19-8-9-20(13-15)25-19/h2-7,10-11,15,19-20,23,25H,8-9,12-14H2,1H3,(H,26,27). The van der Waals surface area contributed by atoms with E-state index in [2.05, 4.69) is 10.6 Å². The zero-order chi connectivity index (χ0) is 19.5. The minimum absolute atomic E-state index is 0.0523.